The number of carbonyl (C=O) groups is 1. The summed E-state index contributed by atoms with van der Waals surface area (Å²) in [6, 6.07) is 0. The van der Waals surface area contributed by atoms with Gasteiger partial charge in [0.2, 0.25) is 5.91 Å². The SMILES string of the molecule is CN(C(=O)[C@H]1CCCNC1)C(C)(C)CO. The van der Waals surface area contributed by atoms with E-state index in [0.29, 0.717) is 0 Å². The highest BCUT2D eigenvalue weighted by atomic mass is 16.3. The van der Waals surface area contributed by atoms with Gasteiger partial charge in [-0.15, -0.1) is 0 Å². The fourth-order valence-electron chi connectivity index (χ4n) is 1.74. The molecule has 0 unspecified atom stereocenters. The zero-order valence-corrected chi connectivity index (χ0v) is 9.92. The van der Waals surface area contributed by atoms with Crippen LogP contribution in [0, 0.1) is 5.92 Å². The van der Waals surface area contributed by atoms with Gasteiger partial charge in [0.15, 0.2) is 0 Å². The molecule has 0 aromatic heterocycles. The lowest BCUT2D eigenvalue weighted by Gasteiger charge is -2.37. The highest BCUT2D eigenvalue weighted by Gasteiger charge is 2.31. The van der Waals surface area contributed by atoms with Crippen molar-refractivity contribution >= 4 is 5.91 Å². The van der Waals surface area contributed by atoms with Gasteiger partial charge in [-0.1, -0.05) is 0 Å². The summed E-state index contributed by atoms with van der Waals surface area (Å²) in [4.78, 5) is 13.7. The summed E-state index contributed by atoms with van der Waals surface area (Å²) in [6.45, 7) is 5.53. The van der Waals surface area contributed by atoms with Gasteiger partial charge < -0.3 is 15.3 Å². The summed E-state index contributed by atoms with van der Waals surface area (Å²) < 4.78 is 0. The van der Waals surface area contributed by atoms with Crippen molar-refractivity contribution in [1.29, 1.82) is 0 Å². The second kappa shape index (κ2) is 4.94. The van der Waals surface area contributed by atoms with Crippen LogP contribution in [0.2, 0.25) is 0 Å². The lowest BCUT2D eigenvalue weighted by Crippen LogP contribution is -2.52. The zero-order chi connectivity index (χ0) is 11.5. The molecule has 1 atom stereocenters. The average molecular weight is 214 g/mol. The van der Waals surface area contributed by atoms with E-state index >= 15 is 0 Å². The number of rotatable bonds is 3. The third kappa shape index (κ3) is 2.92. The molecule has 1 rings (SSSR count). The molecule has 1 aliphatic rings. The smallest absolute Gasteiger partial charge is 0.227 e. The summed E-state index contributed by atoms with van der Waals surface area (Å²) in [6.07, 6.45) is 2.02. The molecule has 0 aliphatic carbocycles. The Morgan fingerprint density at radius 2 is 2.27 bits per heavy atom. The number of nitrogens with one attached hydrogen (secondary N) is 1. The largest absolute Gasteiger partial charge is 0.394 e. The highest BCUT2D eigenvalue weighted by molar-refractivity contribution is 5.79. The Balaban J connectivity index is 2.58. The normalized spacial score (nSPS) is 22.5. The second-order valence-electron chi connectivity index (χ2n) is 4.91. The number of aliphatic hydroxyl groups is 1. The fourth-order valence-corrected chi connectivity index (χ4v) is 1.74. The quantitative estimate of drug-likeness (QED) is 0.706. The number of hydrogen-bond acceptors (Lipinski definition) is 3. The summed E-state index contributed by atoms with van der Waals surface area (Å²) >= 11 is 0. The van der Waals surface area contributed by atoms with Gasteiger partial charge in [-0.05, 0) is 33.2 Å². The van der Waals surface area contributed by atoms with Crippen LogP contribution in [0.4, 0.5) is 0 Å². The molecule has 1 fully saturated rings. The van der Waals surface area contributed by atoms with Gasteiger partial charge >= 0.3 is 0 Å². The minimum absolute atomic E-state index is 0.00457. The minimum atomic E-state index is -0.464. The van der Waals surface area contributed by atoms with E-state index in [2.05, 4.69) is 5.32 Å². The first kappa shape index (κ1) is 12.5. The fraction of sp³-hybridized carbons (Fsp3) is 0.909. The number of likely N-dealkylation sites (N-methyl/N-ethyl adjacent to an activating group) is 1. The van der Waals surface area contributed by atoms with Gasteiger partial charge in [0, 0.05) is 13.6 Å². The summed E-state index contributed by atoms with van der Waals surface area (Å²) in [5.41, 5.74) is -0.464. The first-order valence-electron chi connectivity index (χ1n) is 5.58. The number of nitrogens with zero attached hydrogens (tertiary/aromatic N) is 1. The van der Waals surface area contributed by atoms with Gasteiger partial charge in [0.25, 0.3) is 0 Å². The lowest BCUT2D eigenvalue weighted by atomic mass is 9.95. The third-order valence-electron chi connectivity index (χ3n) is 3.27. The van der Waals surface area contributed by atoms with Crippen molar-refractivity contribution in [3.63, 3.8) is 0 Å². The first-order valence-corrected chi connectivity index (χ1v) is 5.58. The van der Waals surface area contributed by atoms with E-state index < -0.39 is 5.54 Å². The molecule has 0 bridgehead atoms. The number of piperidine rings is 1. The summed E-state index contributed by atoms with van der Waals surface area (Å²) in [5.74, 6) is 0.218. The van der Waals surface area contributed by atoms with Crippen LogP contribution in [0.1, 0.15) is 26.7 Å². The lowest BCUT2D eigenvalue weighted by molar-refractivity contribution is -0.141. The molecule has 1 heterocycles. The molecule has 2 N–H and O–H groups in total. The molecular weight excluding hydrogens is 192 g/mol. The molecule has 88 valence electrons. The Kier molecular flexibility index (Phi) is 4.11. The van der Waals surface area contributed by atoms with Gasteiger partial charge in [-0.25, -0.2) is 0 Å². The van der Waals surface area contributed by atoms with Gasteiger partial charge in [-0.2, -0.15) is 0 Å². The van der Waals surface area contributed by atoms with Gasteiger partial charge in [-0.3, -0.25) is 4.79 Å². The van der Waals surface area contributed by atoms with Crippen molar-refractivity contribution in [1.82, 2.24) is 10.2 Å². The molecule has 4 nitrogen and oxygen atoms in total. The van der Waals surface area contributed by atoms with E-state index in [4.69, 9.17) is 0 Å². The van der Waals surface area contributed by atoms with E-state index in [-0.39, 0.29) is 18.4 Å². The maximum Gasteiger partial charge on any atom is 0.227 e. The molecule has 1 saturated heterocycles. The molecule has 0 aromatic carbocycles. The van der Waals surface area contributed by atoms with Gasteiger partial charge in [0.05, 0.1) is 18.1 Å². The molecule has 1 aliphatic heterocycles. The molecular formula is C11H22N2O2. The van der Waals surface area contributed by atoms with Crippen LogP contribution < -0.4 is 5.32 Å². The van der Waals surface area contributed by atoms with Crippen molar-refractivity contribution in [2.75, 3.05) is 26.7 Å². The average Bonchev–Trinajstić information content (AvgIpc) is 2.28. The Morgan fingerprint density at radius 1 is 1.60 bits per heavy atom. The molecule has 15 heavy (non-hydrogen) atoms. The van der Waals surface area contributed by atoms with Crippen molar-refractivity contribution in [2.24, 2.45) is 5.92 Å². The topological polar surface area (TPSA) is 52.6 Å². The highest BCUT2D eigenvalue weighted by Crippen LogP contribution is 2.18. The van der Waals surface area contributed by atoms with E-state index in [1.54, 1.807) is 11.9 Å². The van der Waals surface area contributed by atoms with Crippen molar-refractivity contribution in [3.05, 3.63) is 0 Å². The Hall–Kier alpha value is -0.610. The Bertz CT molecular complexity index is 223. The first-order chi connectivity index (χ1) is 6.99. The molecule has 0 radical (unpaired) electrons. The van der Waals surface area contributed by atoms with E-state index in [1.807, 2.05) is 13.8 Å². The minimum Gasteiger partial charge on any atom is -0.394 e. The Morgan fingerprint density at radius 3 is 2.73 bits per heavy atom. The van der Waals surface area contributed by atoms with E-state index in [9.17, 15) is 9.90 Å². The molecule has 0 saturated carbocycles. The van der Waals surface area contributed by atoms with Crippen molar-refractivity contribution < 1.29 is 9.90 Å². The number of aliphatic hydroxyl groups excluding tert-OH is 1. The van der Waals surface area contributed by atoms with E-state index in [0.717, 1.165) is 25.9 Å². The molecule has 1 amide bonds. The van der Waals surface area contributed by atoms with Crippen LogP contribution in [-0.2, 0) is 4.79 Å². The van der Waals surface area contributed by atoms with Crippen LogP contribution in [-0.4, -0.2) is 48.2 Å². The Labute approximate surface area is 91.6 Å². The predicted molar refractivity (Wildman–Crippen MR) is 59.5 cm³/mol. The van der Waals surface area contributed by atoms with Crippen LogP contribution in [0.15, 0.2) is 0 Å². The zero-order valence-electron chi connectivity index (χ0n) is 9.92. The van der Waals surface area contributed by atoms with Crippen LogP contribution in [0.3, 0.4) is 0 Å². The van der Waals surface area contributed by atoms with E-state index in [1.165, 1.54) is 0 Å². The number of amides is 1. The van der Waals surface area contributed by atoms with Crippen LogP contribution in [0.25, 0.3) is 0 Å². The van der Waals surface area contributed by atoms with Crippen molar-refractivity contribution in [2.45, 2.75) is 32.2 Å². The van der Waals surface area contributed by atoms with Crippen LogP contribution in [0.5, 0.6) is 0 Å². The number of carbonyl (C=O) groups excluding carboxylic acids is 1. The van der Waals surface area contributed by atoms with Crippen LogP contribution >= 0.6 is 0 Å². The molecule has 0 aromatic rings. The van der Waals surface area contributed by atoms with Gasteiger partial charge in [0.1, 0.15) is 0 Å². The predicted octanol–water partition coefficient (Wildman–Crippen LogP) is 0.215. The summed E-state index contributed by atoms with van der Waals surface area (Å²) in [7, 11) is 1.77. The summed E-state index contributed by atoms with van der Waals surface area (Å²) in [5, 5.41) is 12.4. The second-order valence-corrected chi connectivity index (χ2v) is 4.91. The maximum atomic E-state index is 12.1. The standard InChI is InChI=1S/C11H22N2O2/c1-11(2,8-14)13(3)10(15)9-5-4-6-12-7-9/h9,12,14H,4-8H2,1-3H3/t9-/m0/s1. The maximum absolute atomic E-state index is 12.1. The van der Waals surface area contributed by atoms with Crippen molar-refractivity contribution in [3.8, 4) is 0 Å². The molecule has 0 spiro atoms. The number of hydrogen-bond donors (Lipinski definition) is 2. The third-order valence-corrected chi connectivity index (χ3v) is 3.27. The molecule has 4 heteroatoms. The monoisotopic (exact) mass is 214 g/mol.